The number of amides is 2. The number of ether oxygens (including phenoxy) is 1. The van der Waals surface area contributed by atoms with E-state index in [1.165, 1.54) is 17.7 Å². The second kappa shape index (κ2) is 10.5. The average molecular weight is 516 g/mol. The van der Waals surface area contributed by atoms with Crippen LogP contribution in [0.4, 0.5) is 10.9 Å². The van der Waals surface area contributed by atoms with Crippen LogP contribution in [0.2, 0.25) is 0 Å². The highest BCUT2D eigenvalue weighted by molar-refractivity contribution is 7.17. The molecule has 196 valence electrons. The largest absolute Gasteiger partial charge is 0.379 e. The van der Waals surface area contributed by atoms with Gasteiger partial charge in [-0.25, -0.2) is 0 Å². The Morgan fingerprint density at radius 3 is 2.78 bits per heavy atom. The number of fused-ring (bicyclic) bond motifs is 1. The molecule has 1 aliphatic heterocycles. The van der Waals surface area contributed by atoms with Gasteiger partial charge in [0.2, 0.25) is 11.9 Å². The Balaban J connectivity index is 0.00000280. The number of carbonyl (C=O) groups excluding carboxylic acids is 2. The van der Waals surface area contributed by atoms with Crippen molar-refractivity contribution in [2.75, 3.05) is 56.6 Å². The summed E-state index contributed by atoms with van der Waals surface area (Å²) in [6.45, 7) is 5.95. The summed E-state index contributed by atoms with van der Waals surface area (Å²) < 4.78 is 7.55. The Labute approximate surface area is 216 Å². The number of nitrogens with one attached hydrogen (secondary N) is 3. The number of anilines is 2. The number of hydrogen-bond donors (Lipinski definition) is 3. The summed E-state index contributed by atoms with van der Waals surface area (Å²) in [7, 11) is 0. The minimum absolute atomic E-state index is 0. The molecule has 2 saturated carbocycles. The minimum atomic E-state index is -0.0567. The molecule has 6 rings (SSSR count). The fourth-order valence-corrected chi connectivity index (χ4v) is 6.37. The number of thiophene rings is 1. The van der Waals surface area contributed by atoms with Gasteiger partial charge in [-0.3, -0.25) is 19.1 Å². The molecule has 3 heterocycles. The SMILES string of the molecule is O=C(NCC1CC1)c1c(NC(=O)C2CC2)sc2c1C[C@@H](n1cnnc1NCCN1CCOCC1)CC2.[HH]. The van der Waals surface area contributed by atoms with Crippen molar-refractivity contribution in [2.24, 2.45) is 11.8 Å². The van der Waals surface area contributed by atoms with E-state index in [-0.39, 0.29) is 25.2 Å². The summed E-state index contributed by atoms with van der Waals surface area (Å²) in [5.41, 5.74) is 1.74. The van der Waals surface area contributed by atoms with Crippen molar-refractivity contribution in [3.63, 3.8) is 0 Å². The second-order valence-electron chi connectivity index (χ2n) is 10.5. The van der Waals surface area contributed by atoms with E-state index in [4.69, 9.17) is 4.74 Å². The van der Waals surface area contributed by atoms with Crippen LogP contribution in [0.15, 0.2) is 6.33 Å². The summed E-state index contributed by atoms with van der Waals surface area (Å²) in [5.74, 6) is 1.46. The van der Waals surface area contributed by atoms with E-state index >= 15 is 0 Å². The van der Waals surface area contributed by atoms with Crippen LogP contribution in [0.3, 0.4) is 0 Å². The Bertz CT molecular complexity index is 1110. The van der Waals surface area contributed by atoms with Gasteiger partial charge in [0.1, 0.15) is 11.3 Å². The van der Waals surface area contributed by atoms with Crippen LogP contribution in [-0.2, 0) is 22.4 Å². The molecule has 2 aromatic rings. The summed E-state index contributed by atoms with van der Waals surface area (Å²) in [6, 6.07) is 0.162. The molecule has 2 aromatic heterocycles. The smallest absolute Gasteiger partial charge is 0.254 e. The number of rotatable bonds is 10. The molecule has 11 heteroatoms. The van der Waals surface area contributed by atoms with Crippen molar-refractivity contribution in [2.45, 2.75) is 51.0 Å². The van der Waals surface area contributed by atoms with Gasteiger partial charge >= 0.3 is 0 Å². The molecule has 0 bridgehead atoms. The molecule has 0 spiro atoms. The first-order valence-corrected chi connectivity index (χ1v) is 14.1. The first-order valence-electron chi connectivity index (χ1n) is 13.3. The van der Waals surface area contributed by atoms with Crippen molar-refractivity contribution in [3.8, 4) is 0 Å². The zero-order chi connectivity index (χ0) is 24.5. The number of carbonyl (C=O) groups is 2. The Kier molecular flexibility index (Phi) is 6.94. The Morgan fingerprint density at radius 1 is 1.17 bits per heavy atom. The highest BCUT2D eigenvalue weighted by Crippen LogP contribution is 2.42. The predicted octanol–water partition coefficient (Wildman–Crippen LogP) is 2.55. The van der Waals surface area contributed by atoms with Crippen LogP contribution in [0, 0.1) is 11.8 Å². The normalized spacial score (nSPS) is 22.2. The Hall–Kier alpha value is -2.50. The molecule has 36 heavy (non-hydrogen) atoms. The van der Waals surface area contributed by atoms with Gasteiger partial charge in [0.05, 0.1) is 18.8 Å². The molecular weight excluding hydrogens is 478 g/mol. The van der Waals surface area contributed by atoms with Gasteiger partial charge in [0, 0.05) is 51.0 Å². The van der Waals surface area contributed by atoms with Crippen LogP contribution in [0.1, 0.15) is 60.4 Å². The zero-order valence-electron chi connectivity index (χ0n) is 20.6. The fraction of sp³-hybridized carbons (Fsp3) is 0.680. The third kappa shape index (κ3) is 5.42. The number of aromatic nitrogens is 3. The van der Waals surface area contributed by atoms with Gasteiger partial charge in [-0.15, -0.1) is 21.5 Å². The van der Waals surface area contributed by atoms with Crippen molar-refractivity contribution < 1.29 is 15.8 Å². The van der Waals surface area contributed by atoms with E-state index in [9.17, 15) is 9.59 Å². The molecule has 3 N–H and O–H groups in total. The van der Waals surface area contributed by atoms with Gasteiger partial charge in [-0.2, -0.15) is 0 Å². The van der Waals surface area contributed by atoms with E-state index in [2.05, 4.69) is 35.6 Å². The Morgan fingerprint density at radius 2 is 2.00 bits per heavy atom. The standard InChI is InChI=1S/C25H35N7O3S.H2/c33-22(17-3-4-17)29-24-21(23(34)27-14-16-1-2-16)19-13-18(5-6-20(19)36-24)32-15-28-30-25(32)26-7-8-31-9-11-35-12-10-31;/h15-18H,1-14H2,(H,26,30)(H,27,34)(H,29,33);1H/t18-;/m0./s1. The monoisotopic (exact) mass is 515 g/mol. The molecular formula is C25H37N7O3S. The first-order chi connectivity index (χ1) is 17.7. The van der Waals surface area contributed by atoms with E-state index < -0.39 is 0 Å². The summed E-state index contributed by atoms with van der Waals surface area (Å²) in [5, 5.41) is 18.9. The maximum Gasteiger partial charge on any atom is 0.254 e. The third-order valence-corrected chi connectivity index (χ3v) is 8.88. The first kappa shape index (κ1) is 23.9. The molecule has 0 radical (unpaired) electrons. The maximum absolute atomic E-state index is 13.3. The lowest BCUT2D eigenvalue weighted by Gasteiger charge is -2.27. The van der Waals surface area contributed by atoms with Crippen LogP contribution in [0.25, 0.3) is 0 Å². The molecule has 1 saturated heterocycles. The fourth-order valence-electron chi connectivity index (χ4n) is 5.12. The summed E-state index contributed by atoms with van der Waals surface area (Å²) >= 11 is 1.58. The zero-order valence-corrected chi connectivity index (χ0v) is 21.4. The topological polar surface area (TPSA) is 113 Å². The average Bonchev–Trinajstić information content (AvgIpc) is 3.82. The van der Waals surface area contributed by atoms with Crippen LogP contribution >= 0.6 is 11.3 Å². The van der Waals surface area contributed by atoms with Crippen molar-refractivity contribution in [1.29, 1.82) is 0 Å². The lowest BCUT2D eigenvalue weighted by Crippen LogP contribution is -2.39. The molecule has 4 aliphatic rings. The third-order valence-electron chi connectivity index (χ3n) is 7.68. The van der Waals surface area contributed by atoms with Gasteiger partial charge in [-0.1, -0.05) is 0 Å². The van der Waals surface area contributed by atoms with Crippen LogP contribution in [-0.4, -0.2) is 77.4 Å². The molecule has 2 amide bonds. The van der Waals surface area contributed by atoms with E-state index in [0.717, 1.165) is 88.0 Å². The van der Waals surface area contributed by atoms with E-state index in [0.29, 0.717) is 18.0 Å². The molecule has 0 aromatic carbocycles. The van der Waals surface area contributed by atoms with Crippen molar-refractivity contribution >= 4 is 34.1 Å². The highest BCUT2D eigenvalue weighted by atomic mass is 32.1. The lowest BCUT2D eigenvalue weighted by atomic mass is 9.91. The molecule has 3 aliphatic carbocycles. The van der Waals surface area contributed by atoms with Crippen molar-refractivity contribution in [1.82, 2.24) is 25.0 Å². The predicted molar refractivity (Wildman–Crippen MR) is 140 cm³/mol. The molecule has 10 nitrogen and oxygen atoms in total. The van der Waals surface area contributed by atoms with E-state index in [1.807, 2.05) is 0 Å². The van der Waals surface area contributed by atoms with Crippen LogP contribution in [0.5, 0.6) is 0 Å². The van der Waals surface area contributed by atoms with Crippen molar-refractivity contribution in [3.05, 3.63) is 22.3 Å². The molecule has 0 unspecified atom stereocenters. The lowest BCUT2D eigenvalue weighted by molar-refractivity contribution is -0.117. The number of nitrogens with zero attached hydrogens (tertiary/aromatic N) is 4. The quantitative estimate of drug-likeness (QED) is 0.446. The van der Waals surface area contributed by atoms with Gasteiger partial charge < -0.3 is 20.7 Å². The summed E-state index contributed by atoms with van der Waals surface area (Å²) in [4.78, 5) is 29.5. The van der Waals surface area contributed by atoms with Crippen LogP contribution < -0.4 is 16.0 Å². The molecule has 3 fully saturated rings. The van der Waals surface area contributed by atoms with Gasteiger partial charge in [0.25, 0.3) is 5.91 Å². The van der Waals surface area contributed by atoms with Gasteiger partial charge in [0.15, 0.2) is 0 Å². The molecule has 1 atom stereocenters. The summed E-state index contributed by atoms with van der Waals surface area (Å²) in [6.07, 6.45) is 8.60. The second-order valence-corrected chi connectivity index (χ2v) is 11.6. The maximum atomic E-state index is 13.3. The van der Waals surface area contributed by atoms with E-state index in [1.54, 1.807) is 17.7 Å². The minimum Gasteiger partial charge on any atom is -0.379 e. The highest BCUT2D eigenvalue weighted by Gasteiger charge is 2.35. The number of hydrogen-bond acceptors (Lipinski definition) is 8. The number of morpholine rings is 1. The number of aryl methyl sites for hydroxylation is 1. The van der Waals surface area contributed by atoms with Gasteiger partial charge in [-0.05, 0) is 56.4 Å².